The summed E-state index contributed by atoms with van der Waals surface area (Å²) in [6.45, 7) is 3.85. The van der Waals surface area contributed by atoms with Crippen molar-refractivity contribution in [2.75, 3.05) is 0 Å². The lowest BCUT2D eigenvalue weighted by molar-refractivity contribution is 0.280. The van der Waals surface area contributed by atoms with Crippen LogP contribution in [0.15, 0.2) is 30.5 Å². The van der Waals surface area contributed by atoms with Crippen LogP contribution in [0.4, 0.5) is 4.39 Å². The van der Waals surface area contributed by atoms with E-state index < -0.39 is 0 Å². The average molecular weight is 234 g/mol. The Bertz CT molecular complexity index is 520. The molecule has 1 N–H and O–H groups in total. The summed E-state index contributed by atoms with van der Waals surface area (Å²) in [5, 5.41) is 13.5. The zero-order valence-electron chi connectivity index (χ0n) is 9.89. The molecule has 0 unspecified atom stereocenters. The molecule has 1 aromatic heterocycles. The number of aliphatic hydroxyl groups is 1. The highest BCUT2D eigenvalue weighted by Crippen LogP contribution is 2.20. The van der Waals surface area contributed by atoms with Crippen LogP contribution in [0.2, 0.25) is 0 Å². The largest absolute Gasteiger partial charge is 0.392 e. The minimum Gasteiger partial charge on any atom is -0.392 e. The Kier molecular flexibility index (Phi) is 3.24. The van der Waals surface area contributed by atoms with Crippen LogP contribution in [0, 0.1) is 5.82 Å². The summed E-state index contributed by atoms with van der Waals surface area (Å²) in [6, 6.07) is 6.50. The SMILES string of the molecule is CC(C)c1ccn(-c2c(F)cccc2CO)n1. The van der Waals surface area contributed by atoms with Crippen molar-refractivity contribution in [1.82, 2.24) is 9.78 Å². The maximum absolute atomic E-state index is 13.8. The number of benzene rings is 1. The molecule has 3 nitrogen and oxygen atoms in total. The Morgan fingerprint density at radius 3 is 2.71 bits per heavy atom. The number of halogens is 1. The number of hydrogen-bond donors (Lipinski definition) is 1. The molecule has 0 fully saturated rings. The highest BCUT2D eigenvalue weighted by molar-refractivity contribution is 5.41. The highest BCUT2D eigenvalue weighted by atomic mass is 19.1. The van der Waals surface area contributed by atoms with Gasteiger partial charge in [0.2, 0.25) is 0 Å². The smallest absolute Gasteiger partial charge is 0.149 e. The predicted octanol–water partition coefficient (Wildman–Crippen LogP) is 2.63. The quantitative estimate of drug-likeness (QED) is 0.886. The average Bonchev–Trinajstić information content (AvgIpc) is 2.77. The van der Waals surface area contributed by atoms with Gasteiger partial charge in [0.25, 0.3) is 0 Å². The van der Waals surface area contributed by atoms with Crippen LogP contribution < -0.4 is 0 Å². The van der Waals surface area contributed by atoms with Gasteiger partial charge >= 0.3 is 0 Å². The molecule has 90 valence electrons. The van der Waals surface area contributed by atoms with E-state index in [-0.39, 0.29) is 12.4 Å². The lowest BCUT2D eigenvalue weighted by Crippen LogP contribution is -2.04. The Hall–Kier alpha value is -1.68. The van der Waals surface area contributed by atoms with Crippen molar-refractivity contribution < 1.29 is 9.50 Å². The summed E-state index contributed by atoms with van der Waals surface area (Å²) in [5.74, 6) is -0.0874. The van der Waals surface area contributed by atoms with Gasteiger partial charge in [-0.15, -0.1) is 0 Å². The summed E-state index contributed by atoms with van der Waals surface area (Å²) >= 11 is 0. The number of hydrogen-bond acceptors (Lipinski definition) is 2. The first-order valence-electron chi connectivity index (χ1n) is 5.57. The molecule has 2 aromatic rings. The monoisotopic (exact) mass is 234 g/mol. The summed E-state index contributed by atoms with van der Waals surface area (Å²) in [7, 11) is 0. The maximum Gasteiger partial charge on any atom is 0.149 e. The van der Waals surface area contributed by atoms with Crippen LogP contribution in [0.5, 0.6) is 0 Å². The van der Waals surface area contributed by atoms with Gasteiger partial charge < -0.3 is 5.11 Å². The van der Waals surface area contributed by atoms with Gasteiger partial charge in [-0.1, -0.05) is 26.0 Å². The fourth-order valence-corrected chi connectivity index (χ4v) is 1.71. The number of nitrogens with zero attached hydrogens (tertiary/aromatic N) is 2. The van der Waals surface area contributed by atoms with Crippen molar-refractivity contribution in [3.63, 3.8) is 0 Å². The van der Waals surface area contributed by atoms with Crippen LogP contribution in [-0.2, 0) is 6.61 Å². The van der Waals surface area contributed by atoms with Gasteiger partial charge in [0.05, 0.1) is 12.3 Å². The van der Waals surface area contributed by atoms with Gasteiger partial charge in [0.1, 0.15) is 11.5 Å². The van der Waals surface area contributed by atoms with Gasteiger partial charge in [-0.3, -0.25) is 0 Å². The summed E-state index contributed by atoms with van der Waals surface area (Å²) in [6.07, 6.45) is 1.72. The number of aliphatic hydroxyl groups excluding tert-OH is 1. The van der Waals surface area contributed by atoms with E-state index in [1.165, 1.54) is 10.7 Å². The van der Waals surface area contributed by atoms with Crippen molar-refractivity contribution in [2.24, 2.45) is 0 Å². The van der Waals surface area contributed by atoms with E-state index in [4.69, 9.17) is 0 Å². The van der Waals surface area contributed by atoms with E-state index in [1.807, 2.05) is 19.9 Å². The van der Waals surface area contributed by atoms with Gasteiger partial charge in [0, 0.05) is 11.8 Å². The van der Waals surface area contributed by atoms with Gasteiger partial charge in [-0.25, -0.2) is 9.07 Å². The molecule has 0 bridgehead atoms. The minimum atomic E-state index is -0.380. The summed E-state index contributed by atoms with van der Waals surface area (Å²) in [5.41, 5.74) is 1.75. The Morgan fingerprint density at radius 2 is 2.12 bits per heavy atom. The molecule has 4 heteroatoms. The minimum absolute atomic E-state index is 0.204. The third-order valence-corrected chi connectivity index (χ3v) is 2.67. The van der Waals surface area contributed by atoms with Crippen LogP contribution >= 0.6 is 0 Å². The zero-order valence-corrected chi connectivity index (χ0v) is 9.89. The molecule has 1 aromatic carbocycles. The van der Waals surface area contributed by atoms with E-state index in [1.54, 1.807) is 18.3 Å². The molecule has 2 rings (SSSR count). The summed E-state index contributed by atoms with van der Waals surface area (Å²) < 4.78 is 15.2. The molecular weight excluding hydrogens is 219 g/mol. The first-order valence-corrected chi connectivity index (χ1v) is 5.57. The molecule has 0 aliphatic heterocycles. The van der Waals surface area contributed by atoms with E-state index in [0.29, 0.717) is 17.2 Å². The van der Waals surface area contributed by atoms with Crippen LogP contribution in [-0.4, -0.2) is 14.9 Å². The second-order valence-electron chi connectivity index (χ2n) is 4.25. The van der Waals surface area contributed by atoms with E-state index in [9.17, 15) is 9.50 Å². The molecule has 0 saturated carbocycles. The molecule has 1 heterocycles. The standard InChI is InChI=1S/C13H15FN2O/c1-9(2)12-6-7-16(15-12)13-10(8-17)4-3-5-11(13)14/h3-7,9,17H,8H2,1-2H3. The van der Waals surface area contributed by atoms with Crippen molar-refractivity contribution >= 4 is 0 Å². The normalized spacial score (nSPS) is 11.1. The van der Waals surface area contributed by atoms with Crippen LogP contribution in [0.25, 0.3) is 5.69 Å². The number of aromatic nitrogens is 2. The van der Waals surface area contributed by atoms with Gasteiger partial charge in [0.15, 0.2) is 0 Å². The van der Waals surface area contributed by atoms with Crippen molar-refractivity contribution in [3.8, 4) is 5.69 Å². The number of para-hydroxylation sites is 1. The molecule has 0 saturated heterocycles. The van der Waals surface area contributed by atoms with Crippen LogP contribution in [0.1, 0.15) is 31.0 Å². The highest BCUT2D eigenvalue weighted by Gasteiger charge is 2.12. The predicted molar refractivity (Wildman–Crippen MR) is 63.5 cm³/mol. The topological polar surface area (TPSA) is 38.0 Å². The van der Waals surface area contributed by atoms with Gasteiger partial charge in [-0.05, 0) is 18.1 Å². The maximum atomic E-state index is 13.8. The zero-order chi connectivity index (χ0) is 12.4. The molecule has 0 amide bonds. The van der Waals surface area contributed by atoms with Crippen molar-refractivity contribution in [3.05, 3.63) is 47.5 Å². The van der Waals surface area contributed by atoms with Gasteiger partial charge in [-0.2, -0.15) is 5.10 Å². The van der Waals surface area contributed by atoms with Crippen molar-refractivity contribution in [1.29, 1.82) is 0 Å². The molecule has 17 heavy (non-hydrogen) atoms. The second-order valence-corrected chi connectivity index (χ2v) is 4.25. The first-order chi connectivity index (χ1) is 8.13. The van der Waals surface area contributed by atoms with E-state index in [2.05, 4.69) is 5.10 Å². The third kappa shape index (κ3) is 2.22. The lowest BCUT2D eigenvalue weighted by atomic mass is 10.1. The molecule has 0 spiro atoms. The third-order valence-electron chi connectivity index (χ3n) is 2.67. The molecule has 0 radical (unpaired) electrons. The van der Waals surface area contributed by atoms with E-state index in [0.717, 1.165) is 5.69 Å². The second kappa shape index (κ2) is 4.67. The molecule has 0 aliphatic carbocycles. The Morgan fingerprint density at radius 1 is 1.35 bits per heavy atom. The fraction of sp³-hybridized carbons (Fsp3) is 0.308. The molecular formula is C13H15FN2O. The van der Waals surface area contributed by atoms with E-state index >= 15 is 0 Å². The summed E-state index contributed by atoms with van der Waals surface area (Å²) in [4.78, 5) is 0. The van der Waals surface area contributed by atoms with Crippen molar-refractivity contribution in [2.45, 2.75) is 26.4 Å². The first kappa shape index (κ1) is 11.8. The number of rotatable bonds is 3. The fourth-order valence-electron chi connectivity index (χ4n) is 1.71. The molecule has 0 aliphatic rings. The lowest BCUT2D eigenvalue weighted by Gasteiger charge is -2.08. The Balaban J connectivity index is 2.51. The molecule has 0 atom stereocenters. The Labute approximate surface area is 99.5 Å². The van der Waals surface area contributed by atoms with Crippen LogP contribution in [0.3, 0.4) is 0 Å².